The number of nitrogens with zero attached hydrogens (tertiary/aromatic N) is 2. The van der Waals surface area contributed by atoms with Crippen LogP contribution in [0.2, 0.25) is 0 Å². The van der Waals surface area contributed by atoms with Gasteiger partial charge in [0, 0.05) is 24.2 Å². The van der Waals surface area contributed by atoms with Crippen LogP contribution in [0.4, 0.5) is 5.69 Å². The van der Waals surface area contributed by atoms with Gasteiger partial charge in [0.2, 0.25) is 0 Å². The first-order valence-corrected chi connectivity index (χ1v) is 10.7. The van der Waals surface area contributed by atoms with Gasteiger partial charge in [-0.25, -0.2) is 0 Å². The average Bonchev–Trinajstić information content (AvgIpc) is 3.10. The molecule has 1 saturated heterocycles. The van der Waals surface area contributed by atoms with Crippen molar-refractivity contribution in [2.75, 3.05) is 6.61 Å². The van der Waals surface area contributed by atoms with Crippen molar-refractivity contribution in [3.8, 4) is 5.75 Å². The molecule has 8 nitrogen and oxygen atoms in total. The van der Waals surface area contributed by atoms with Crippen molar-refractivity contribution in [3.63, 3.8) is 0 Å². The summed E-state index contributed by atoms with van der Waals surface area (Å²) in [6.07, 6.45) is 0. The number of ketones is 1. The molecule has 4 rings (SSSR count). The van der Waals surface area contributed by atoms with Gasteiger partial charge in [0.05, 0.1) is 23.1 Å². The molecule has 0 radical (unpaired) electrons. The highest BCUT2D eigenvalue weighted by molar-refractivity contribution is 6.46. The second-order valence-electron chi connectivity index (χ2n) is 7.72. The predicted molar refractivity (Wildman–Crippen MR) is 125 cm³/mol. The summed E-state index contributed by atoms with van der Waals surface area (Å²) in [7, 11) is 0. The van der Waals surface area contributed by atoms with E-state index in [-0.39, 0.29) is 23.6 Å². The van der Waals surface area contributed by atoms with Gasteiger partial charge in [-0.3, -0.25) is 19.7 Å². The number of likely N-dealkylation sites (tertiary alicyclic amines) is 1. The molecule has 0 aromatic heterocycles. The number of nitro groups is 1. The Balaban J connectivity index is 1.85. The van der Waals surface area contributed by atoms with Crippen molar-refractivity contribution in [2.45, 2.75) is 19.5 Å². The van der Waals surface area contributed by atoms with Crippen molar-refractivity contribution in [1.29, 1.82) is 0 Å². The van der Waals surface area contributed by atoms with E-state index in [1.165, 1.54) is 23.1 Å². The first-order valence-electron chi connectivity index (χ1n) is 10.7. The Morgan fingerprint density at radius 3 is 2.38 bits per heavy atom. The molecule has 8 heteroatoms. The van der Waals surface area contributed by atoms with Gasteiger partial charge < -0.3 is 14.7 Å². The van der Waals surface area contributed by atoms with E-state index < -0.39 is 22.7 Å². The summed E-state index contributed by atoms with van der Waals surface area (Å²) in [5.74, 6) is -1.39. The third kappa shape index (κ3) is 4.38. The fourth-order valence-corrected chi connectivity index (χ4v) is 4.01. The molecule has 1 aliphatic heterocycles. The number of amides is 1. The Hall–Kier alpha value is -4.46. The van der Waals surface area contributed by atoms with Gasteiger partial charge in [-0.05, 0) is 42.3 Å². The van der Waals surface area contributed by atoms with Gasteiger partial charge in [-0.15, -0.1) is 0 Å². The van der Waals surface area contributed by atoms with Crippen LogP contribution in [0.1, 0.15) is 29.7 Å². The molecule has 1 N–H and O–H groups in total. The summed E-state index contributed by atoms with van der Waals surface area (Å²) >= 11 is 0. The van der Waals surface area contributed by atoms with E-state index in [4.69, 9.17) is 4.74 Å². The van der Waals surface area contributed by atoms with Gasteiger partial charge in [-0.2, -0.15) is 0 Å². The SMILES string of the molecule is CCOc1ccc(C(O)=C2C(=O)C(=O)N(Cc3ccccc3)C2c2cccc([N+](=O)[O-])c2)cc1. The van der Waals surface area contributed by atoms with Gasteiger partial charge in [0.15, 0.2) is 0 Å². The van der Waals surface area contributed by atoms with E-state index in [1.54, 1.807) is 30.3 Å². The van der Waals surface area contributed by atoms with Gasteiger partial charge >= 0.3 is 0 Å². The molecule has 1 heterocycles. The molecule has 1 aliphatic rings. The lowest BCUT2D eigenvalue weighted by atomic mass is 9.95. The summed E-state index contributed by atoms with van der Waals surface area (Å²) in [4.78, 5) is 38.4. The van der Waals surface area contributed by atoms with E-state index in [0.29, 0.717) is 23.5 Å². The average molecular weight is 458 g/mol. The Labute approximate surface area is 195 Å². The molecule has 1 unspecified atom stereocenters. The van der Waals surface area contributed by atoms with Crippen LogP contribution in [0.15, 0.2) is 84.4 Å². The normalized spacial score (nSPS) is 17.1. The maximum atomic E-state index is 13.1. The molecule has 34 heavy (non-hydrogen) atoms. The van der Waals surface area contributed by atoms with Crippen LogP contribution in [0.5, 0.6) is 5.75 Å². The topological polar surface area (TPSA) is 110 Å². The number of carbonyl (C=O) groups excluding carboxylic acids is 2. The quantitative estimate of drug-likeness (QED) is 0.182. The molecule has 3 aromatic rings. The fourth-order valence-electron chi connectivity index (χ4n) is 4.01. The zero-order valence-corrected chi connectivity index (χ0v) is 18.4. The number of carbonyl (C=O) groups is 2. The number of rotatable bonds is 7. The largest absolute Gasteiger partial charge is 0.507 e. The number of ether oxygens (including phenoxy) is 1. The molecule has 1 atom stereocenters. The molecule has 0 spiro atoms. The van der Waals surface area contributed by atoms with Crippen molar-refractivity contribution in [2.24, 2.45) is 0 Å². The molecule has 0 bridgehead atoms. The summed E-state index contributed by atoms with van der Waals surface area (Å²) in [6, 6.07) is 20.3. The monoisotopic (exact) mass is 458 g/mol. The first kappa shape index (κ1) is 22.7. The van der Waals surface area contributed by atoms with Crippen LogP contribution in [-0.4, -0.2) is 33.2 Å². The molecule has 3 aromatic carbocycles. The third-order valence-electron chi connectivity index (χ3n) is 5.57. The molecule has 1 fully saturated rings. The van der Waals surface area contributed by atoms with E-state index >= 15 is 0 Å². The lowest BCUT2D eigenvalue weighted by molar-refractivity contribution is -0.384. The number of hydrogen-bond acceptors (Lipinski definition) is 6. The number of aliphatic hydroxyl groups is 1. The summed E-state index contributed by atoms with van der Waals surface area (Å²) in [5.41, 5.74) is 1.17. The Bertz CT molecular complexity index is 1270. The minimum absolute atomic E-state index is 0.0961. The summed E-state index contributed by atoms with van der Waals surface area (Å²) in [6.45, 7) is 2.42. The minimum atomic E-state index is -0.994. The number of hydrogen-bond donors (Lipinski definition) is 1. The highest BCUT2D eigenvalue weighted by atomic mass is 16.6. The van der Waals surface area contributed by atoms with E-state index in [1.807, 2.05) is 37.3 Å². The van der Waals surface area contributed by atoms with Crippen molar-refractivity contribution in [3.05, 3.63) is 111 Å². The van der Waals surface area contributed by atoms with E-state index in [2.05, 4.69) is 0 Å². The lowest BCUT2D eigenvalue weighted by Crippen LogP contribution is -2.29. The van der Waals surface area contributed by atoms with E-state index in [0.717, 1.165) is 5.56 Å². The molecule has 0 saturated carbocycles. The number of aliphatic hydroxyl groups excluding tert-OH is 1. The molecular formula is C26H22N2O6. The van der Waals surface area contributed by atoms with Crippen LogP contribution < -0.4 is 4.74 Å². The molecule has 0 aliphatic carbocycles. The summed E-state index contributed by atoms with van der Waals surface area (Å²) < 4.78 is 5.42. The predicted octanol–water partition coefficient (Wildman–Crippen LogP) is 4.62. The second kappa shape index (κ2) is 9.58. The zero-order valence-electron chi connectivity index (χ0n) is 18.4. The van der Waals surface area contributed by atoms with Crippen LogP contribution >= 0.6 is 0 Å². The van der Waals surface area contributed by atoms with Crippen molar-refractivity contribution >= 4 is 23.1 Å². The Morgan fingerprint density at radius 1 is 1.03 bits per heavy atom. The highest BCUT2D eigenvalue weighted by Gasteiger charge is 2.46. The van der Waals surface area contributed by atoms with Gasteiger partial charge in [0.25, 0.3) is 17.4 Å². The minimum Gasteiger partial charge on any atom is -0.507 e. The zero-order chi connectivity index (χ0) is 24.2. The van der Waals surface area contributed by atoms with Gasteiger partial charge in [0.1, 0.15) is 11.5 Å². The maximum Gasteiger partial charge on any atom is 0.295 e. The second-order valence-corrected chi connectivity index (χ2v) is 7.72. The van der Waals surface area contributed by atoms with Crippen LogP contribution in [0.3, 0.4) is 0 Å². The first-order chi connectivity index (χ1) is 16.4. The lowest BCUT2D eigenvalue weighted by Gasteiger charge is -2.25. The van der Waals surface area contributed by atoms with Crippen molar-refractivity contribution < 1.29 is 24.4 Å². The van der Waals surface area contributed by atoms with Crippen LogP contribution in [-0.2, 0) is 16.1 Å². The molecule has 172 valence electrons. The number of non-ortho nitro benzene ring substituents is 1. The summed E-state index contributed by atoms with van der Waals surface area (Å²) in [5, 5.41) is 22.5. The molecule has 1 amide bonds. The number of nitro benzene ring substituents is 1. The van der Waals surface area contributed by atoms with Crippen molar-refractivity contribution in [1.82, 2.24) is 4.90 Å². The fraction of sp³-hybridized carbons (Fsp3) is 0.154. The Kier molecular flexibility index (Phi) is 6.40. The van der Waals surface area contributed by atoms with Crippen LogP contribution in [0.25, 0.3) is 5.76 Å². The standard InChI is InChI=1S/C26H22N2O6/c1-2-34-21-13-11-18(12-14-21)24(29)22-23(19-9-6-10-20(15-19)28(32)33)27(26(31)25(22)30)16-17-7-4-3-5-8-17/h3-15,23,29H,2,16H2,1H3. The third-order valence-corrected chi connectivity index (χ3v) is 5.57. The highest BCUT2D eigenvalue weighted by Crippen LogP contribution is 2.41. The smallest absolute Gasteiger partial charge is 0.295 e. The van der Waals surface area contributed by atoms with Gasteiger partial charge in [-0.1, -0.05) is 42.5 Å². The van der Waals surface area contributed by atoms with Crippen LogP contribution in [0, 0.1) is 10.1 Å². The number of benzene rings is 3. The Morgan fingerprint density at radius 2 is 1.74 bits per heavy atom. The number of Topliss-reactive ketones (excluding diaryl/α,β-unsaturated/α-hetero) is 1. The maximum absolute atomic E-state index is 13.1. The molecular weight excluding hydrogens is 436 g/mol. The van der Waals surface area contributed by atoms with E-state index in [9.17, 15) is 24.8 Å².